The summed E-state index contributed by atoms with van der Waals surface area (Å²) in [5.41, 5.74) is 1.34. The second kappa shape index (κ2) is 6.43. The Morgan fingerprint density at radius 2 is 2.06 bits per heavy atom. The zero-order valence-electron chi connectivity index (χ0n) is 10.4. The Kier molecular flexibility index (Phi) is 4.89. The first-order valence-electron chi connectivity index (χ1n) is 6.41. The van der Waals surface area contributed by atoms with Crippen LogP contribution >= 0.6 is 11.8 Å². The topological polar surface area (TPSA) is 32.3 Å². The smallest absolute Gasteiger partial charge is 0.0631 e. The quantitative estimate of drug-likeness (QED) is 0.731. The van der Waals surface area contributed by atoms with Gasteiger partial charge in [-0.05, 0) is 37.0 Å². The minimum Gasteiger partial charge on any atom is -0.392 e. The van der Waals surface area contributed by atoms with Gasteiger partial charge in [0.2, 0.25) is 0 Å². The molecule has 0 bridgehead atoms. The molecule has 0 heterocycles. The van der Waals surface area contributed by atoms with Crippen molar-refractivity contribution in [2.75, 3.05) is 5.75 Å². The Balaban J connectivity index is 1.75. The van der Waals surface area contributed by atoms with Crippen LogP contribution < -0.4 is 5.32 Å². The van der Waals surface area contributed by atoms with E-state index in [4.69, 9.17) is 0 Å². The normalized spacial score (nSPS) is 17.1. The molecule has 1 aliphatic rings. The standard InChI is InChI=1S/C14H21NOS/c1-2-13(16)10-17-14-7-3-11(4-8-14)9-15-12-5-6-12/h3-4,7-8,12-13,15-16H,2,5-6,9-10H2,1H3. The van der Waals surface area contributed by atoms with Gasteiger partial charge in [-0.1, -0.05) is 19.1 Å². The van der Waals surface area contributed by atoms with E-state index in [0.717, 1.165) is 24.8 Å². The molecule has 3 heteroatoms. The highest BCUT2D eigenvalue weighted by Crippen LogP contribution is 2.21. The van der Waals surface area contributed by atoms with E-state index in [9.17, 15) is 5.11 Å². The predicted octanol–water partition coefficient (Wildman–Crippen LogP) is 2.80. The van der Waals surface area contributed by atoms with E-state index >= 15 is 0 Å². The Labute approximate surface area is 108 Å². The molecule has 1 aromatic carbocycles. The van der Waals surface area contributed by atoms with E-state index in [1.807, 2.05) is 6.92 Å². The molecule has 2 rings (SSSR count). The van der Waals surface area contributed by atoms with Crippen molar-refractivity contribution in [2.45, 2.75) is 49.8 Å². The van der Waals surface area contributed by atoms with Crippen LogP contribution in [0.5, 0.6) is 0 Å². The zero-order chi connectivity index (χ0) is 12.1. The largest absolute Gasteiger partial charge is 0.392 e. The van der Waals surface area contributed by atoms with Gasteiger partial charge in [0.15, 0.2) is 0 Å². The molecule has 1 unspecified atom stereocenters. The molecule has 1 atom stereocenters. The van der Waals surface area contributed by atoms with E-state index in [2.05, 4.69) is 29.6 Å². The van der Waals surface area contributed by atoms with Gasteiger partial charge in [-0.25, -0.2) is 0 Å². The van der Waals surface area contributed by atoms with E-state index in [-0.39, 0.29) is 6.10 Å². The van der Waals surface area contributed by atoms with Crippen molar-refractivity contribution in [1.82, 2.24) is 5.32 Å². The number of aliphatic hydroxyl groups is 1. The van der Waals surface area contributed by atoms with Crippen LogP contribution in [0.25, 0.3) is 0 Å². The third-order valence-corrected chi connectivity index (χ3v) is 4.17. The lowest BCUT2D eigenvalue weighted by molar-refractivity contribution is 0.195. The average molecular weight is 251 g/mol. The summed E-state index contributed by atoms with van der Waals surface area (Å²) in [6, 6.07) is 9.42. The third-order valence-electron chi connectivity index (χ3n) is 3.01. The van der Waals surface area contributed by atoms with Crippen molar-refractivity contribution < 1.29 is 5.11 Å². The molecule has 94 valence electrons. The van der Waals surface area contributed by atoms with Crippen LogP contribution in [0.15, 0.2) is 29.2 Å². The van der Waals surface area contributed by atoms with E-state index in [1.54, 1.807) is 11.8 Å². The summed E-state index contributed by atoms with van der Waals surface area (Å²) in [6.07, 6.45) is 3.32. The second-order valence-electron chi connectivity index (χ2n) is 4.67. The molecular formula is C14H21NOS. The monoisotopic (exact) mass is 251 g/mol. The summed E-state index contributed by atoms with van der Waals surface area (Å²) >= 11 is 1.73. The van der Waals surface area contributed by atoms with Crippen LogP contribution in [-0.2, 0) is 6.54 Å². The second-order valence-corrected chi connectivity index (χ2v) is 5.77. The van der Waals surface area contributed by atoms with Crippen molar-refractivity contribution in [3.05, 3.63) is 29.8 Å². The number of hydrogen-bond donors (Lipinski definition) is 2. The summed E-state index contributed by atoms with van der Waals surface area (Å²) in [4.78, 5) is 1.24. The lowest BCUT2D eigenvalue weighted by Gasteiger charge is -2.08. The minimum absolute atomic E-state index is 0.184. The predicted molar refractivity (Wildman–Crippen MR) is 73.3 cm³/mol. The molecule has 1 fully saturated rings. The van der Waals surface area contributed by atoms with Crippen molar-refractivity contribution in [3.8, 4) is 0 Å². The Bertz CT molecular complexity index is 335. The number of aliphatic hydroxyl groups excluding tert-OH is 1. The fraction of sp³-hybridized carbons (Fsp3) is 0.571. The first-order chi connectivity index (χ1) is 8.28. The maximum atomic E-state index is 9.50. The maximum Gasteiger partial charge on any atom is 0.0631 e. The van der Waals surface area contributed by atoms with Gasteiger partial charge in [0, 0.05) is 23.2 Å². The molecule has 1 saturated carbocycles. The van der Waals surface area contributed by atoms with Gasteiger partial charge in [-0.15, -0.1) is 11.8 Å². The highest BCUT2D eigenvalue weighted by molar-refractivity contribution is 7.99. The SMILES string of the molecule is CCC(O)CSc1ccc(CNC2CC2)cc1. The number of hydrogen-bond acceptors (Lipinski definition) is 3. The van der Waals surface area contributed by atoms with Gasteiger partial charge in [0.05, 0.1) is 6.10 Å². The molecular weight excluding hydrogens is 230 g/mol. The van der Waals surface area contributed by atoms with Crippen LogP contribution in [0.1, 0.15) is 31.7 Å². The van der Waals surface area contributed by atoms with Crippen LogP contribution in [0, 0.1) is 0 Å². The lowest BCUT2D eigenvalue weighted by Crippen LogP contribution is -2.15. The van der Waals surface area contributed by atoms with Crippen LogP contribution in [0.2, 0.25) is 0 Å². The number of thioether (sulfide) groups is 1. The molecule has 0 aliphatic heterocycles. The lowest BCUT2D eigenvalue weighted by atomic mass is 10.2. The highest BCUT2D eigenvalue weighted by atomic mass is 32.2. The molecule has 2 N–H and O–H groups in total. The van der Waals surface area contributed by atoms with Gasteiger partial charge in [-0.3, -0.25) is 0 Å². The van der Waals surface area contributed by atoms with Crippen molar-refractivity contribution >= 4 is 11.8 Å². The minimum atomic E-state index is -0.184. The maximum absolute atomic E-state index is 9.50. The fourth-order valence-corrected chi connectivity index (χ4v) is 2.51. The van der Waals surface area contributed by atoms with Gasteiger partial charge >= 0.3 is 0 Å². The Morgan fingerprint density at radius 3 is 2.65 bits per heavy atom. The third kappa shape index (κ3) is 4.70. The molecule has 17 heavy (non-hydrogen) atoms. The highest BCUT2D eigenvalue weighted by Gasteiger charge is 2.19. The van der Waals surface area contributed by atoms with E-state index in [1.165, 1.54) is 23.3 Å². The number of nitrogens with one attached hydrogen (secondary N) is 1. The van der Waals surface area contributed by atoms with Gasteiger partial charge in [0.1, 0.15) is 0 Å². The van der Waals surface area contributed by atoms with E-state index < -0.39 is 0 Å². The Hall–Kier alpha value is -0.510. The molecule has 0 spiro atoms. The summed E-state index contributed by atoms with van der Waals surface area (Å²) in [5.74, 6) is 0.788. The van der Waals surface area contributed by atoms with Crippen LogP contribution in [0.3, 0.4) is 0 Å². The van der Waals surface area contributed by atoms with Crippen molar-refractivity contribution in [3.63, 3.8) is 0 Å². The van der Waals surface area contributed by atoms with Crippen molar-refractivity contribution in [1.29, 1.82) is 0 Å². The first kappa shape index (κ1) is 12.9. The van der Waals surface area contributed by atoms with Crippen LogP contribution in [0.4, 0.5) is 0 Å². The molecule has 0 aromatic heterocycles. The van der Waals surface area contributed by atoms with Crippen molar-refractivity contribution in [2.24, 2.45) is 0 Å². The number of rotatable bonds is 7. The summed E-state index contributed by atoms with van der Waals surface area (Å²) in [6.45, 7) is 2.99. The number of benzene rings is 1. The summed E-state index contributed by atoms with van der Waals surface area (Å²) in [5, 5.41) is 13.0. The molecule has 0 amide bonds. The first-order valence-corrected chi connectivity index (χ1v) is 7.39. The molecule has 0 saturated heterocycles. The fourth-order valence-electron chi connectivity index (χ4n) is 1.56. The molecule has 1 aliphatic carbocycles. The molecule has 1 aromatic rings. The van der Waals surface area contributed by atoms with Gasteiger partial charge in [0.25, 0.3) is 0 Å². The average Bonchev–Trinajstić information content (AvgIpc) is 3.18. The van der Waals surface area contributed by atoms with Gasteiger partial charge < -0.3 is 10.4 Å². The van der Waals surface area contributed by atoms with Crippen LogP contribution in [-0.4, -0.2) is 23.0 Å². The summed E-state index contributed by atoms with van der Waals surface area (Å²) < 4.78 is 0. The summed E-state index contributed by atoms with van der Waals surface area (Å²) in [7, 11) is 0. The van der Waals surface area contributed by atoms with Gasteiger partial charge in [-0.2, -0.15) is 0 Å². The zero-order valence-corrected chi connectivity index (χ0v) is 11.2. The Morgan fingerprint density at radius 1 is 1.35 bits per heavy atom. The van der Waals surface area contributed by atoms with E-state index in [0.29, 0.717) is 0 Å². The molecule has 2 nitrogen and oxygen atoms in total. The molecule has 0 radical (unpaired) electrons.